The third kappa shape index (κ3) is 2.62. The SMILES string of the molecule is c1ccc2c(c1)NC(=NC1CCCC1)C1(CCCCCC1)N2. The molecule has 3 heteroatoms. The van der Waals surface area contributed by atoms with E-state index in [4.69, 9.17) is 4.99 Å². The van der Waals surface area contributed by atoms with Crippen molar-refractivity contribution >= 4 is 17.2 Å². The van der Waals surface area contributed by atoms with E-state index in [0.717, 1.165) is 0 Å². The molecule has 3 aliphatic rings. The Labute approximate surface area is 133 Å². The van der Waals surface area contributed by atoms with Gasteiger partial charge in [-0.15, -0.1) is 0 Å². The van der Waals surface area contributed by atoms with Gasteiger partial charge in [-0.1, -0.05) is 50.7 Å². The minimum absolute atomic E-state index is 0.0491. The molecule has 2 aliphatic carbocycles. The van der Waals surface area contributed by atoms with E-state index in [1.54, 1.807) is 0 Å². The van der Waals surface area contributed by atoms with Gasteiger partial charge in [0.2, 0.25) is 0 Å². The summed E-state index contributed by atoms with van der Waals surface area (Å²) in [6, 6.07) is 9.12. The number of anilines is 2. The number of hydrogen-bond acceptors (Lipinski definition) is 2. The first-order chi connectivity index (χ1) is 10.9. The summed E-state index contributed by atoms with van der Waals surface area (Å²) in [4.78, 5) is 5.20. The van der Waals surface area contributed by atoms with Gasteiger partial charge in [0.1, 0.15) is 5.84 Å². The lowest BCUT2D eigenvalue weighted by atomic mass is 9.86. The monoisotopic (exact) mass is 297 g/mol. The number of benzene rings is 1. The molecule has 118 valence electrons. The average molecular weight is 297 g/mol. The Hall–Kier alpha value is -1.51. The molecule has 1 aliphatic heterocycles. The van der Waals surface area contributed by atoms with E-state index in [1.165, 1.54) is 81.4 Å². The van der Waals surface area contributed by atoms with Gasteiger partial charge in [0, 0.05) is 0 Å². The molecular formula is C19H27N3. The molecule has 0 aromatic heterocycles. The van der Waals surface area contributed by atoms with Gasteiger partial charge < -0.3 is 10.6 Å². The lowest BCUT2D eigenvalue weighted by Gasteiger charge is -2.41. The molecule has 1 aromatic carbocycles. The maximum Gasteiger partial charge on any atom is 0.127 e. The second-order valence-corrected chi connectivity index (χ2v) is 7.21. The molecule has 2 N–H and O–H groups in total. The fraction of sp³-hybridized carbons (Fsp3) is 0.632. The Bertz CT molecular complexity index is 550. The van der Waals surface area contributed by atoms with Crippen LogP contribution in [0.2, 0.25) is 0 Å². The van der Waals surface area contributed by atoms with Gasteiger partial charge in [0.25, 0.3) is 0 Å². The second kappa shape index (κ2) is 5.94. The molecule has 1 aromatic rings. The molecule has 0 atom stereocenters. The summed E-state index contributed by atoms with van der Waals surface area (Å²) >= 11 is 0. The molecule has 1 heterocycles. The average Bonchev–Trinajstić information content (AvgIpc) is 2.94. The van der Waals surface area contributed by atoms with Crippen LogP contribution in [0.5, 0.6) is 0 Å². The first kappa shape index (κ1) is 14.1. The van der Waals surface area contributed by atoms with Crippen molar-refractivity contribution in [3.8, 4) is 0 Å². The fourth-order valence-electron chi connectivity index (χ4n) is 4.33. The zero-order valence-electron chi connectivity index (χ0n) is 13.4. The Morgan fingerprint density at radius 2 is 1.55 bits per heavy atom. The number of rotatable bonds is 1. The van der Waals surface area contributed by atoms with Crippen LogP contribution in [0.25, 0.3) is 0 Å². The van der Waals surface area contributed by atoms with E-state index in [9.17, 15) is 0 Å². The molecular weight excluding hydrogens is 270 g/mol. The van der Waals surface area contributed by atoms with Crippen molar-refractivity contribution in [2.24, 2.45) is 4.99 Å². The van der Waals surface area contributed by atoms with Crippen molar-refractivity contribution in [3.63, 3.8) is 0 Å². The van der Waals surface area contributed by atoms with Crippen LogP contribution in [-0.2, 0) is 0 Å². The zero-order valence-corrected chi connectivity index (χ0v) is 13.4. The Morgan fingerprint density at radius 1 is 0.864 bits per heavy atom. The highest BCUT2D eigenvalue weighted by Crippen LogP contribution is 2.39. The normalized spacial score (nSPS) is 26.3. The Morgan fingerprint density at radius 3 is 2.27 bits per heavy atom. The van der Waals surface area contributed by atoms with Crippen LogP contribution in [0.1, 0.15) is 64.2 Å². The van der Waals surface area contributed by atoms with Gasteiger partial charge in [-0.2, -0.15) is 0 Å². The summed E-state index contributed by atoms with van der Waals surface area (Å²) in [7, 11) is 0. The molecule has 0 saturated heterocycles. The first-order valence-electron chi connectivity index (χ1n) is 9.08. The third-order valence-electron chi connectivity index (χ3n) is 5.60. The molecule has 0 radical (unpaired) electrons. The quantitative estimate of drug-likeness (QED) is 0.768. The molecule has 2 fully saturated rings. The number of nitrogens with one attached hydrogen (secondary N) is 2. The molecule has 4 rings (SSSR count). The van der Waals surface area contributed by atoms with Crippen LogP contribution in [-0.4, -0.2) is 17.4 Å². The van der Waals surface area contributed by atoms with Gasteiger partial charge in [0.05, 0.1) is 23.0 Å². The second-order valence-electron chi connectivity index (χ2n) is 7.21. The van der Waals surface area contributed by atoms with E-state index in [0.29, 0.717) is 6.04 Å². The zero-order chi connectivity index (χ0) is 14.8. The van der Waals surface area contributed by atoms with Crippen molar-refractivity contribution in [1.82, 2.24) is 0 Å². The largest absolute Gasteiger partial charge is 0.371 e. The standard InChI is InChI=1S/C19H27N3/c1-2-8-14-19(13-7-1)18(20-15-9-3-4-10-15)21-16-11-5-6-12-17(16)22-19/h5-6,11-12,15,22H,1-4,7-10,13-14H2,(H,20,21). The number of nitrogens with zero attached hydrogens (tertiary/aromatic N) is 1. The summed E-state index contributed by atoms with van der Waals surface area (Å²) in [6.45, 7) is 0. The number of aliphatic imine (C=N–C) groups is 1. The summed E-state index contributed by atoms with van der Waals surface area (Å²) in [5.74, 6) is 1.22. The van der Waals surface area contributed by atoms with E-state index in [2.05, 4.69) is 34.9 Å². The number of hydrogen-bond donors (Lipinski definition) is 2. The third-order valence-corrected chi connectivity index (χ3v) is 5.60. The summed E-state index contributed by atoms with van der Waals surface area (Å²) in [5, 5.41) is 7.58. The lowest BCUT2D eigenvalue weighted by molar-refractivity contribution is 0.519. The maximum absolute atomic E-state index is 5.20. The molecule has 1 spiro atoms. The molecule has 3 nitrogen and oxygen atoms in total. The van der Waals surface area contributed by atoms with Gasteiger partial charge in [-0.25, -0.2) is 0 Å². The minimum atomic E-state index is 0.0491. The van der Waals surface area contributed by atoms with Gasteiger partial charge in [-0.3, -0.25) is 4.99 Å². The van der Waals surface area contributed by atoms with Crippen LogP contribution in [0.3, 0.4) is 0 Å². The summed E-state index contributed by atoms with van der Waals surface area (Å²) in [6.07, 6.45) is 13.0. The van der Waals surface area contributed by atoms with E-state index >= 15 is 0 Å². The maximum atomic E-state index is 5.20. The van der Waals surface area contributed by atoms with Crippen LogP contribution < -0.4 is 10.6 Å². The van der Waals surface area contributed by atoms with Gasteiger partial charge >= 0.3 is 0 Å². The molecule has 0 bridgehead atoms. The number of fused-ring (bicyclic) bond motifs is 1. The van der Waals surface area contributed by atoms with Crippen molar-refractivity contribution in [1.29, 1.82) is 0 Å². The first-order valence-corrected chi connectivity index (χ1v) is 9.08. The van der Waals surface area contributed by atoms with Crippen molar-refractivity contribution in [2.45, 2.75) is 75.8 Å². The van der Waals surface area contributed by atoms with E-state index in [1.807, 2.05) is 0 Å². The van der Waals surface area contributed by atoms with Gasteiger partial charge in [-0.05, 0) is 37.8 Å². The van der Waals surface area contributed by atoms with Crippen molar-refractivity contribution in [2.75, 3.05) is 10.6 Å². The fourth-order valence-corrected chi connectivity index (χ4v) is 4.33. The molecule has 2 saturated carbocycles. The molecule has 22 heavy (non-hydrogen) atoms. The molecule has 0 unspecified atom stereocenters. The number of para-hydroxylation sites is 2. The van der Waals surface area contributed by atoms with Crippen LogP contribution in [0.15, 0.2) is 29.3 Å². The smallest absolute Gasteiger partial charge is 0.127 e. The van der Waals surface area contributed by atoms with E-state index in [-0.39, 0.29) is 5.54 Å². The van der Waals surface area contributed by atoms with Crippen LogP contribution >= 0.6 is 0 Å². The van der Waals surface area contributed by atoms with Crippen molar-refractivity contribution < 1.29 is 0 Å². The highest BCUT2D eigenvalue weighted by atomic mass is 15.2. The Balaban J connectivity index is 1.71. The van der Waals surface area contributed by atoms with Crippen LogP contribution in [0.4, 0.5) is 11.4 Å². The molecule has 0 amide bonds. The predicted molar refractivity (Wildman–Crippen MR) is 93.8 cm³/mol. The Kier molecular flexibility index (Phi) is 3.81. The lowest BCUT2D eigenvalue weighted by Crippen LogP contribution is -2.52. The van der Waals surface area contributed by atoms with Crippen LogP contribution in [0, 0.1) is 0 Å². The van der Waals surface area contributed by atoms with Gasteiger partial charge in [0.15, 0.2) is 0 Å². The topological polar surface area (TPSA) is 36.4 Å². The minimum Gasteiger partial charge on any atom is -0.371 e. The summed E-state index contributed by atoms with van der Waals surface area (Å²) in [5.41, 5.74) is 2.48. The van der Waals surface area contributed by atoms with E-state index < -0.39 is 0 Å². The predicted octanol–water partition coefficient (Wildman–Crippen LogP) is 4.96. The van der Waals surface area contributed by atoms with Crippen molar-refractivity contribution in [3.05, 3.63) is 24.3 Å². The highest BCUT2D eigenvalue weighted by Gasteiger charge is 2.40. The number of amidine groups is 1. The summed E-state index contributed by atoms with van der Waals surface area (Å²) < 4.78 is 0. The highest BCUT2D eigenvalue weighted by molar-refractivity contribution is 6.09.